The van der Waals surface area contributed by atoms with Gasteiger partial charge in [0.15, 0.2) is 0 Å². The Morgan fingerprint density at radius 2 is 1.79 bits per heavy atom. The maximum absolute atomic E-state index is 12.7. The van der Waals surface area contributed by atoms with E-state index in [4.69, 9.17) is 17.3 Å². The molecule has 0 heterocycles. The monoisotopic (exact) mass is 315 g/mol. The fourth-order valence-corrected chi connectivity index (χ4v) is 2.10. The first-order valence-corrected chi connectivity index (χ1v) is 6.22. The van der Waals surface area contributed by atoms with E-state index in [-0.39, 0.29) is 17.4 Å². The second-order valence-electron chi connectivity index (χ2n) is 4.78. The van der Waals surface area contributed by atoms with E-state index < -0.39 is 17.8 Å². The van der Waals surface area contributed by atoms with Gasteiger partial charge in [-0.2, -0.15) is 13.2 Å². The first-order chi connectivity index (χ1) is 8.23. The summed E-state index contributed by atoms with van der Waals surface area (Å²) in [5.74, 6) is 0.459. The molecule has 1 aromatic rings. The van der Waals surface area contributed by atoms with Crippen LogP contribution in [0.25, 0.3) is 0 Å². The van der Waals surface area contributed by atoms with E-state index in [2.05, 4.69) is 0 Å². The molecule has 1 rings (SSSR count). The van der Waals surface area contributed by atoms with Crippen LogP contribution in [-0.4, -0.2) is 0 Å². The van der Waals surface area contributed by atoms with Crippen molar-refractivity contribution in [3.8, 4) is 0 Å². The summed E-state index contributed by atoms with van der Waals surface area (Å²) >= 11 is 5.80. The smallest absolute Gasteiger partial charge is 0.324 e. The lowest BCUT2D eigenvalue weighted by Gasteiger charge is -2.18. The predicted molar refractivity (Wildman–Crippen MR) is 74.7 cm³/mol. The van der Waals surface area contributed by atoms with E-state index in [0.29, 0.717) is 17.9 Å². The van der Waals surface area contributed by atoms with Crippen LogP contribution < -0.4 is 5.73 Å². The van der Waals surface area contributed by atoms with E-state index in [1.54, 1.807) is 6.07 Å². The van der Waals surface area contributed by atoms with E-state index in [9.17, 15) is 13.2 Å². The molecule has 0 bridgehead atoms. The maximum atomic E-state index is 12.7. The number of benzene rings is 1. The molecule has 0 fully saturated rings. The van der Waals surface area contributed by atoms with E-state index >= 15 is 0 Å². The lowest BCUT2D eigenvalue weighted by molar-refractivity contribution is -0.137. The molecule has 0 aliphatic heterocycles. The highest BCUT2D eigenvalue weighted by Gasteiger charge is 2.34. The Morgan fingerprint density at radius 3 is 2.26 bits per heavy atom. The summed E-state index contributed by atoms with van der Waals surface area (Å²) < 4.78 is 38.0. The predicted octanol–water partition coefficient (Wildman–Crippen LogP) is 5.22. The molecule has 1 nitrogen and oxygen atoms in total. The first kappa shape index (κ1) is 18.6. The van der Waals surface area contributed by atoms with Crippen LogP contribution in [-0.2, 0) is 6.18 Å². The van der Waals surface area contributed by atoms with Gasteiger partial charge in [-0.15, -0.1) is 12.4 Å². The van der Waals surface area contributed by atoms with Crippen molar-refractivity contribution >= 4 is 24.0 Å². The highest BCUT2D eigenvalue weighted by molar-refractivity contribution is 6.32. The number of rotatable bonds is 4. The van der Waals surface area contributed by atoms with Gasteiger partial charge in [0.1, 0.15) is 0 Å². The van der Waals surface area contributed by atoms with Gasteiger partial charge in [-0.05, 0) is 30.4 Å². The number of nitrogens with two attached hydrogens (primary N) is 1. The van der Waals surface area contributed by atoms with Crippen molar-refractivity contribution in [2.75, 3.05) is 0 Å². The number of hydrogen-bond donors (Lipinski definition) is 1. The molecule has 0 radical (unpaired) electrons. The van der Waals surface area contributed by atoms with Crippen molar-refractivity contribution < 1.29 is 13.2 Å². The molecule has 0 aromatic heterocycles. The van der Waals surface area contributed by atoms with Gasteiger partial charge in [-0.25, -0.2) is 0 Å². The average Bonchev–Trinajstić information content (AvgIpc) is 2.24. The largest absolute Gasteiger partial charge is 0.417 e. The lowest BCUT2D eigenvalue weighted by atomic mass is 9.97. The summed E-state index contributed by atoms with van der Waals surface area (Å²) in [6, 6.07) is 3.42. The van der Waals surface area contributed by atoms with E-state index in [1.807, 2.05) is 13.8 Å². The molecule has 19 heavy (non-hydrogen) atoms. The number of halogens is 5. The highest BCUT2D eigenvalue weighted by Crippen LogP contribution is 2.38. The van der Waals surface area contributed by atoms with Crippen LogP contribution in [0, 0.1) is 5.92 Å². The topological polar surface area (TPSA) is 26.0 Å². The van der Waals surface area contributed by atoms with Crippen LogP contribution in [0.1, 0.15) is 43.9 Å². The number of alkyl halides is 3. The van der Waals surface area contributed by atoms with Crippen LogP contribution in [0.3, 0.4) is 0 Å². The van der Waals surface area contributed by atoms with Crippen molar-refractivity contribution in [1.82, 2.24) is 0 Å². The molecule has 0 aliphatic rings. The zero-order valence-electron chi connectivity index (χ0n) is 10.8. The molecular weight excluding hydrogens is 298 g/mol. The van der Waals surface area contributed by atoms with Gasteiger partial charge in [0.2, 0.25) is 0 Å². The Hall–Kier alpha value is -0.450. The Bertz CT molecular complexity index is 405. The minimum Gasteiger partial charge on any atom is -0.324 e. The maximum Gasteiger partial charge on any atom is 0.417 e. The Morgan fingerprint density at radius 1 is 1.21 bits per heavy atom. The second kappa shape index (κ2) is 7.36. The Balaban J connectivity index is 0.00000324. The zero-order chi connectivity index (χ0) is 13.9. The molecule has 0 saturated heterocycles. The van der Waals surface area contributed by atoms with Crippen LogP contribution >= 0.6 is 24.0 Å². The van der Waals surface area contributed by atoms with Crippen LogP contribution in [0.5, 0.6) is 0 Å². The molecular formula is C13H18Cl2F3N. The van der Waals surface area contributed by atoms with Crippen molar-refractivity contribution in [1.29, 1.82) is 0 Å². The third-order valence-corrected chi connectivity index (χ3v) is 3.21. The Labute approximate surface area is 122 Å². The van der Waals surface area contributed by atoms with Crippen molar-refractivity contribution in [2.45, 2.75) is 38.9 Å². The van der Waals surface area contributed by atoms with Crippen LogP contribution in [0.2, 0.25) is 5.02 Å². The summed E-state index contributed by atoms with van der Waals surface area (Å²) in [5, 5.41) is -0.277. The minimum absolute atomic E-state index is 0. The quantitative estimate of drug-likeness (QED) is 0.810. The summed E-state index contributed by atoms with van der Waals surface area (Å²) in [4.78, 5) is 0. The average molecular weight is 316 g/mol. The van der Waals surface area contributed by atoms with Gasteiger partial charge in [-0.3, -0.25) is 0 Å². The molecule has 0 amide bonds. The lowest BCUT2D eigenvalue weighted by Crippen LogP contribution is -2.14. The van der Waals surface area contributed by atoms with Crippen molar-refractivity contribution in [2.24, 2.45) is 11.7 Å². The molecule has 0 aliphatic carbocycles. The van der Waals surface area contributed by atoms with Gasteiger partial charge in [0.05, 0.1) is 10.6 Å². The molecule has 2 N–H and O–H groups in total. The van der Waals surface area contributed by atoms with E-state index in [0.717, 1.165) is 12.5 Å². The molecule has 0 spiro atoms. The van der Waals surface area contributed by atoms with Crippen molar-refractivity contribution in [3.05, 3.63) is 34.3 Å². The van der Waals surface area contributed by atoms with Gasteiger partial charge < -0.3 is 5.73 Å². The molecule has 0 unspecified atom stereocenters. The third kappa shape index (κ3) is 5.21. The van der Waals surface area contributed by atoms with Gasteiger partial charge in [-0.1, -0.05) is 37.6 Å². The molecule has 1 atom stereocenters. The summed E-state index contributed by atoms with van der Waals surface area (Å²) in [6.07, 6.45) is -2.96. The standard InChI is InChI=1S/C13H17ClF3N.ClH/c1-8(2)6-7-11(18)9-4-3-5-10(12(9)14)13(15,16)17;/h3-5,8,11H,6-7,18H2,1-2H3;1H/t11-;/m0./s1. The summed E-state index contributed by atoms with van der Waals surface area (Å²) in [6.45, 7) is 4.08. The molecule has 110 valence electrons. The second-order valence-corrected chi connectivity index (χ2v) is 5.16. The fraction of sp³-hybridized carbons (Fsp3) is 0.538. The van der Waals surface area contributed by atoms with Crippen molar-refractivity contribution in [3.63, 3.8) is 0 Å². The molecule has 0 saturated carbocycles. The summed E-state index contributed by atoms with van der Waals surface area (Å²) in [7, 11) is 0. The normalized spacial score (nSPS) is 13.3. The van der Waals surface area contributed by atoms with E-state index in [1.165, 1.54) is 6.07 Å². The third-order valence-electron chi connectivity index (χ3n) is 2.79. The Kier molecular flexibility index (Phi) is 7.19. The fourth-order valence-electron chi connectivity index (χ4n) is 1.72. The molecule has 6 heteroatoms. The zero-order valence-corrected chi connectivity index (χ0v) is 12.4. The SMILES string of the molecule is CC(C)CC[C@H](N)c1cccc(C(F)(F)F)c1Cl.Cl. The van der Waals surface area contributed by atoms with Crippen LogP contribution in [0.4, 0.5) is 13.2 Å². The van der Waals surface area contributed by atoms with Gasteiger partial charge in [0.25, 0.3) is 0 Å². The minimum atomic E-state index is -4.44. The first-order valence-electron chi connectivity index (χ1n) is 5.84. The number of hydrogen-bond acceptors (Lipinski definition) is 1. The molecule has 1 aromatic carbocycles. The van der Waals surface area contributed by atoms with Gasteiger partial charge in [0, 0.05) is 6.04 Å². The highest BCUT2D eigenvalue weighted by atomic mass is 35.5. The summed E-state index contributed by atoms with van der Waals surface area (Å²) in [5.41, 5.74) is 5.45. The van der Waals surface area contributed by atoms with Crippen LogP contribution in [0.15, 0.2) is 18.2 Å². The van der Waals surface area contributed by atoms with Gasteiger partial charge >= 0.3 is 6.18 Å².